The maximum Gasteiger partial charge on any atom is 0.224 e. The van der Waals surface area contributed by atoms with E-state index in [1.165, 1.54) is 5.71 Å². The molecule has 1 aliphatic carbocycles. The van der Waals surface area contributed by atoms with E-state index < -0.39 is 0 Å². The zero-order valence-electron chi connectivity index (χ0n) is 14.1. The molecule has 4 atom stereocenters. The van der Waals surface area contributed by atoms with Crippen molar-refractivity contribution < 1.29 is 4.79 Å². The number of halogens is 1. The van der Waals surface area contributed by atoms with Crippen LogP contribution in [0.15, 0.2) is 29.3 Å². The molecule has 2 aliphatic heterocycles. The molecular weight excluding hydrogens is 328 g/mol. The molecule has 0 aromatic carbocycles. The van der Waals surface area contributed by atoms with Gasteiger partial charge in [0.15, 0.2) is 0 Å². The predicted octanol–water partition coefficient (Wildman–Crippen LogP) is 3.65. The first-order valence-electron chi connectivity index (χ1n) is 8.38. The van der Waals surface area contributed by atoms with Crippen LogP contribution in [-0.4, -0.2) is 34.7 Å². The maximum atomic E-state index is 12.8. The Bertz CT molecular complexity index is 543. The van der Waals surface area contributed by atoms with E-state index in [4.69, 9.17) is 4.99 Å². The molecule has 3 nitrogen and oxygen atoms in total. The zero-order chi connectivity index (χ0) is 15.7. The highest BCUT2D eigenvalue weighted by atomic mass is 35.5. The van der Waals surface area contributed by atoms with Gasteiger partial charge < -0.3 is 5.32 Å². The van der Waals surface area contributed by atoms with E-state index in [0.717, 1.165) is 25.1 Å². The number of rotatable bonds is 4. The number of aliphatic imine (C=N–C) groups is 1. The number of allylic oxidation sites excluding steroid dienone is 3. The van der Waals surface area contributed by atoms with Gasteiger partial charge in [0.2, 0.25) is 5.91 Å². The number of nitrogens with one attached hydrogen (secondary N) is 1. The molecule has 1 amide bonds. The summed E-state index contributed by atoms with van der Waals surface area (Å²) >= 11 is 1.91. The molecule has 0 aromatic rings. The summed E-state index contributed by atoms with van der Waals surface area (Å²) in [6.07, 6.45) is 10.6. The Morgan fingerprint density at radius 1 is 1.43 bits per heavy atom. The van der Waals surface area contributed by atoms with Gasteiger partial charge in [-0.1, -0.05) is 32.1 Å². The van der Waals surface area contributed by atoms with Gasteiger partial charge in [0.1, 0.15) is 0 Å². The van der Waals surface area contributed by atoms with E-state index in [1.807, 2.05) is 11.8 Å². The van der Waals surface area contributed by atoms with E-state index in [0.29, 0.717) is 11.8 Å². The molecule has 4 unspecified atom stereocenters. The van der Waals surface area contributed by atoms with Crippen LogP contribution < -0.4 is 5.32 Å². The molecule has 5 heteroatoms. The second-order valence-electron chi connectivity index (χ2n) is 7.13. The third kappa shape index (κ3) is 3.53. The van der Waals surface area contributed by atoms with Crippen molar-refractivity contribution in [3.63, 3.8) is 0 Å². The van der Waals surface area contributed by atoms with Crippen molar-refractivity contribution in [2.24, 2.45) is 22.7 Å². The minimum Gasteiger partial charge on any atom is -0.353 e. The monoisotopic (exact) mass is 354 g/mol. The Morgan fingerprint density at radius 2 is 2.22 bits per heavy atom. The van der Waals surface area contributed by atoms with E-state index >= 15 is 0 Å². The van der Waals surface area contributed by atoms with E-state index in [2.05, 4.69) is 50.4 Å². The van der Waals surface area contributed by atoms with Crippen LogP contribution in [0.4, 0.5) is 0 Å². The summed E-state index contributed by atoms with van der Waals surface area (Å²) in [5, 5.41) is 3.24. The standard InChI is InChI=1S/C18H26N2OS.ClH/c1-12(2)10-13(3)20-17(21)14-11-22-18-8-5-4-6-16(18)19-9-7-15(14)18;/h4-6,8,12-15H,7,9-11H2,1-3H3,(H,20,21);1H. The van der Waals surface area contributed by atoms with Gasteiger partial charge in [0, 0.05) is 18.3 Å². The Hall–Kier alpha value is -0.740. The molecule has 0 aromatic heterocycles. The minimum atomic E-state index is -0.0453. The van der Waals surface area contributed by atoms with Crippen molar-refractivity contribution in [1.82, 2.24) is 5.32 Å². The van der Waals surface area contributed by atoms with E-state index in [9.17, 15) is 4.79 Å². The Labute approximate surface area is 149 Å². The number of carbonyl (C=O) groups is 1. The molecule has 2 heterocycles. The van der Waals surface area contributed by atoms with Gasteiger partial charge in [-0.25, -0.2) is 0 Å². The molecule has 0 bridgehead atoms. The Morgan fingerprint density at radius 3 is 2.96 bits per heavy atom. The number of amides is 1. The number of carbonyl (C=O) groups excluding carboxylic acids is 1. The molecule has 3 aliphatic rings. The summed E-state index contributed by atoms with van der Waals surface area (Å²) in [4.78, 5) is 17.5. The lowest BCUT2D eigenvalue weighted by Crippen LogP contribution is -2.47. The van der Waals surface area contributed by atoms with Crippen LogP contribution in [0.5, 0.6) is 0 Å². The number of thioether (sulfide) groups is 1. The quantitative estimate of drug-likeness (QED) is 0.837. The molecule has 3 rings (SSSR count). The van der Waals surface area contributed by atoms with Crippen LogP contribution in [0, 0.1) is 17.8 Å². The molecule has 0 radical (unpaired) electrons. The normalized spacial score (nSPS) is 32.6. The van der Waals surface area contributed by atoms with Gasteiger partial charge in [-0.15, -0.1) is 24.2 Å². The number of nitrogens with zero attached hydrogens (tertiary/aromatic N) is 1. The Kier molecular flexibility index (Phi) is 6.01. The van der Waals surface area contributed by atoms with Crippen molar-refractivity contribution in [3.8, 4) is 0 Å². The lowest BCUT2D eigenvalue weighted by atomic mass is 9.74. The van der Waals surface area contributed by atoms with Crippen molar-refractivity contribution in [3.05, 3.63) is 24.3 Å². The van der Waals surface area contributed by atoms with E-state index in [-0.39, 0.29) is 35.0 Å². The van der Waals surface area contributed by atoms with Crippen LogP contribution in [-0.2, 0) is 4.79 Å². The summed E-state index contributed by atoms with van der Waals surface area (Å²) in [5.74, 6) is 2.26. The SMILES string of the molecule is CC(C)CC(C)NC(=O)C1CSC23C=CC=CC2=NCCC13.Cl. The van der Waals surface area contributed by atoms with Gasteiger partial charge in [-0.2, -0.15) is 0 Å². The largest absolute Gasteiger partial charge is 0.353 e. The molecule has 0 saturated carbocycles. The summed E-state index contributed by atoms with van der Waals surface area (Å²) < 4.78 is -0.0453. The maximum absolute atomic E-state index is 12.8. The van der Waals surface area contributed by atoms with Gasteiger partial charge >= 0.3 is 0 Å². The highest BCUT2D eigenvalue weighted by Crippen LogP contribution is 2.52. The molecule has 1 spiro atoms. The molecule has 1 N–H and O–H groups in total. The minimum absolute atomic E-state index is 0. The highest BCUT2D eigenvalue weighted by Gasteiger charge is 2.54. The second kappa shape index (κ2) is 7.43. The number of hydrogen-bond donors (Lipinski definition) is 1. The lowest BCUT2D eigenvalue weighted by molar-refractivity contribution is -0.126. The predicted molar refractivity (Wildman–Crippen MR) is 102 cm³/mol. The smallest absolute Gasteiger partial charge is 0.224 e. The topological polar surface area (TPSA) is 41.5 Å². The van der Waals surface area contributed by atoms with Crippen LogP contribution in [0.2, 0.25) is 0 Å². The highest BCUT2D eigenvalue weighted by molar-refractivity contribution is 8.02. The molecular formula is C18H27ClN2OS. The van der Waals surface area contributed by atoms with Crippen LogP contribution >= 0.6 is 24.2 Å². The number of hydrogen-bond acceptors (Lipinski definition) is 3. The molecule has 1 saturated heterocycles. The van der Waals surface area contributed by atoms with Crippen LogP contribution in [0.25, 0.3) is 0 Å². The first kappa shape index (κ1) is 18.6. The average Bonchev–Trinajstić information content (AvgIpc) is 2.83. The van der Waals surface area contributed by atoms with Crippen molar-refractivity contribution >= 4 is 35.8 Å². The van der Waals surface area contributed by atoms with Crippen molar-refractivity contribution in [2.75, 3.05) is 12.3 Å². The molecule has 128 valence electrons. The summed E-state index contributed by atoms with van der Waals surface area (Å²) in [5.41, 5.74) is 1.17. The molecule has 1 fully saturated rings. The Balaban J connectivity index is 0.00000192. The summed E-state index contributed by atoms with van der Waals surface area (Å²) in [6, 6.07) is 0.257. The van der Waals surface area contributed by atoms with Gasteiger partial charge in [-0.05, 0) is 37.7 Å². The van der Waals surface area contributed by atoms with Gasteiger partial charge in [-0.3, -0.25) is 9.79 Å². The van der Waals surface area contributed by atoms with Gasteiger partial charge in [0.25, 0.3) is 0 Å². The second-order valence-corrected chi connectivity index (χ2v) is 8.43. The fourth-order valence-electron chi connectivity index (χ4n) is 4.04. The van der Waals surface area contributed by atoms with Gasteiger partial charge in [0.05, 0.1) is 16.4 Å². The van der Waals surface area contributed by atoms with Crippen LogP contribution in [0.1, 0.15) is 33.6 Å². The first-order valence-corrected chi connectivity index (χ1v) is 9.36. The first-order chi connectivity index (χ1) is 10.5. The fraction of sp³-hybridized carbons (Fsp3) is 0.667. The van der Waals surface area contributed by atoms with Crippen molar-refractivity contribution in [1.29, 1.82) is 0 Å². The third-order valence-corrected chi connectivity index (χ3v) is 6.57. The van der Waals surface area contributed by atoms with E-state index in [1.54, 1.807) is 0 Å². The summed E-state index contributed by atoms with van der Waals surface area (Å²) in [7, 11) is 0. The fourth-order valence-corrected chi connectivity index (χ4v) is 5.83. The lowest BCUT2D eigenvalue weighted by Gasteiger charge is -2.38. The van der Waals surface area contributed by atoms with Crippen molar-refractivity contribution in [2.45, 2.75) is 44.4 Å². The zero-order valence-corrected chi connectivity index (χ0v) is 15.8. The third-order valence-electron chi connectivity index (χ3n) is 4.92. The van der Waals surface area contributed by atoms with Crippen LogP contribution in [0.3, 0.4) is 0 Å². The summed E-state index contributed by atoms with van der Waals surface area (Å²) in [6.45, 7) is 7.37. The average molecular weight is 355 g/mol. The molecule has 23 heavy (non-hydrogen) atoms.